The van der Waals surface area contributed by atoms with Crippen molar-refractivity contribution in [3.63, 3.8) is 0 Å². The first-order valence-electron chi connectivity index (χ1n) is 7.89. The van der Waals surface area contributed by atoms with Crippen molar-refractivity contribution in [2.45, 2.75) is 33.2 Å². The predicted octanol–water partition coefficient (Wildman–Crippen LogP) is 3.17. The van der Waals surface area contributed by atoms with Gasteiger partial charge in [0.1, 0.15) is 5.69 Å². The first-order valence-corrected chi connectivity index (χ1v) is 7.89. The fraction of sp³-hybridized carbons (Fsp3) is 0.444. The number of carbonyl (C=O) groups excluding carboxylic acids is 1. The number of carbonyl (C=O) groups is 1. The monoisotopic (exact) mass is 297 g/mol. The van der Waals surface area contributed by atoms with Crippen molar-refractivity contribution in [2.75, 3.05) is 13.1 Å². The van der Waals surface area contributed by atoms with Gasteiger partial charge in [0.15, 0.2) is 0 Å². The average molecular weight is 297 g/mol. The van der Waals surface area contributed by atoms with Gasteiger partial charge in [-0.05, 0) is 24.0 Å². The predicted molar refractivity (Wildman–Crippen MR) is 86.8 cm³/mol. The number of likely N-dealkylation sites (tertiary alicyclic amines) is 1. The minimum absolute atomic E-state index is 0.0405. The molecule has 4 heteroatoms. The van der Waals surface area contributed by atoms with Crippen molar-refractivity contribution in [3.8, 4) is 0 Å². The number of nitrogens with zero attached hydrogens (tertiary/aromatic N) is 3. The molecule has 1 fully saturated rings. The smallest absolute Gasteiger partial charge is 0.274 e. The third kappa shape index (κ3) is 2.65. The Labute approximate surface area is 131 Å². The van der Waals surface area contributed by atoms with Gasteiger partial charge < -0.3 is 4.90 Å². The first-order chi connectivity index (χ1) is 10.5. The van der Waals surface area contributed by atoms with Gasteiger partial charge >= 0.3 is 0 Å². The van der Waals surface area contributed by atoms with E-state index < -0.39 is 0 Å². The summed E-state index contributed by atoms with van der Waals surface area (Å²) in [5.41, 5.74) is 1.93. The van der Waals surface area contributed by atoms with Crippen molar-refractivity contribution < 1.29 is 4.79 Å². The van der Waals surface area contributed by atoms with Crippen LogP contribution in [-0.4, -0.2) is 33.7 Å². The summed E-state index contributed by atoms with van der Waals surface area (Å²) < 4.78 is 1.79. The molecule has 0 bridgehead atoms. The van der Waals surface area contributed by atoms with E-state index in [1.807, 2.05) is 30.2 Å². The van der Waals surface area contributed by atoms with Crippen LogP contribution in [-0.2, 0) is 6.54 Å². The van der Waals surface area contributed by atoms with Crippen LogP contribution in [0, 0.1) is 5.41 Å². The Bertz CT molecular complexity index is 660. The van der Waals surface area contributed by atoms with Crippen molar-refractivity contribution in [2.24, 2.45) is 5.41 Å². The lowest BCUT2D eigenvalue weighted by Crippen LogP contribution is -2.30. The molecule has 0 N–H and O–H groups in total. The zero-order chi connectivity index (χ0) is 15.7. The first kappa shape index (κ1) is 14.8. The van der Waals surface area contributed by atoms with Gasteiger partial charge in [-0.15, -0.1) is 0 Å². The third-order valence-electron chi connectivity index (χ3n) is 4.62. The largest absolute Gasteiger partial charge is 0.336 e. The van der Waals surface area contributed by atoms with Gasteiger partial charge in [-0.3, -0.25) is 9.48 Å². The Hall–Kier alpha value is -2.10. The maximum Gasteiger partial charge on any atom is 0.274 e. The molecule has 0 saturated carbocycles. The van der Waals surface area contributed by atoms with Gasteiger partial charge in [0, 0.05) is 31.7 Å². The lowest BCUT2D eigenvalue weighted by Gasteiger charge is -2.25. The molecular formula is C18H23N3O. The van der Waals surface area contributed by atoms with Gasteiger partial charge in [0.25, 0.3) is 5.91 Å². The minimum atomic E-state index is 0.0405. The zero-order valence-electron chi connectivity index (χ0n) is 13.5. The number of rotatable bonds is 3. The molecule has 1 aromatic carbocycles. The molecule has 0 radical (unpaired) electrons. The fourth-order valence-corrected chi connectivity index (χ4v) is 3.34. The van der Waals surface area contributed by atoms with E-state index >= 15 is 0 Å². The van der Waals surface area contributed by atoms with Crippen molar-refractivity contribution >= 4 is 5.91 Å². The number of hydrogen-bond acceptors (Lipinski definition) is 2. The van der Waals surface area contributed by atoms with Crippen molar-refractivity contribution in [3.05, 3.63) is 53.9 Å². The Balaban J connectivity index is 1.81. The summed E-state index contributed by atoms with van der Waals surface area (Å²) in [7, 11) is 0. The highest BCUT2D eigenvalue weighted by Crippen LogP contribution is 2.42. The van der Waals surface area contributed by atoms with E-state index in [1.54, 1.807) is 4.68 Å². The Morgan fingerprint density at radius 1 is 1.27 bits per heavy atom. The highest BCUT2D eigenvalue weighted by Gasteiger charge is 2.42. The van der Waals surface area contributed by atoms with Crippen molar-refractivity contribution in [1.29, 1.82) is 0 Å². The molecule has 3 rings (SSSR count). The van der Waals surface area contributed by atoms with Gasteiger partial charge in [-0.2, -0.15) is 5.10 Å². The average Bonchev–Trinajstić information content (AvgIpc) is 3.11. The summed E-state index contributed by atoms with van der Waals surface area (Å²) in [5.74, 6) is 0.407. The maximum atomic E-state index is 12.7. The summed E-state index contributed by atoms with van der Waals surface area (Å²) in [6.45, 7) is 8.81. The summed E-state index contributed by atoms with van der Waals surface area (Å²) in [6.07, 6.45) is 1.86. The van der Waals surface area contributed by atoms with E-state index in [-0.39, 0.29) is 11.3 Å². The minimum Gasteiger partial charge on any atom is -0.336 e. The third-order valence-corrected chi connectivity index (χ3v) is 4.62. The SMILES string of the molecule is CCn1ccc(C(=O)N2CC(c3ccccc3)C(C)(C)C2)n1. The van der Waals surface area contributed by atoms with Gasteiger partial charge in [0.2, 0.25) is 0 Å². The number of amides is 1. The van der Waals surface area contributed by atoms with Crippen LogP contribution in [0.4, 0.5) is 0 Å². The molecule has 1 aromatic heterocycles. The number of aryl methyl sites for hydroxylation is 1. The van der Waals surface area contributed by atoms with Crippen LogP contribution in [0.5, 0.6) is 0 Å². The summed E-state index contributed by atoms with van der Waals surface area (Å²) in [6, 6.07) is 12.3. The lowest BCUT2D eigenvalue weighted by molar-refractivity contribution is 0.0771. The van der Waals surface area contributed by atoms with E-state index in [0.29, 0.717) is 11.6 Å². The molecule has 4 nitrogen and oxygen atoms in total. The summed E-state index contributed by atoms with van der Waals surface area (Å²) >= 11 is 0. The topological polar surface area (TPSA) is 38.1 Å². The lowest BCUT2D eigenvalue weighted by atomic mass is 9.78. The molecule has 1 aliphatic rings. The van der Waals surface area contributed by atoms with Crippen molar-refractivity contribution in [1.82, 2.24) is 14.7 Å². The molecule has 1 atom stereocenters. The van der Waals surface area contributed by atoms with Gasteiger partial charge in [0.05, 0.1) is 0 Å². The molecule has 116 valence electrons. The fourth-order valence-electron chi connectivity index (χ4n) is 3.34. The molecular weight excluding hydrogens is 274 g/mol. The molecule has 0 aliphatic carbocycles. The highest BCUT2D eigenvalue weighted by atomic mass is 16.2. The van der Waals surface area contributed by atoms with E-state index in [0.717, 1.165) is 19.6 Å². The molecule has 22 heavy (non-hydrogen) atoms. The van der Waals surface area contributed by atoms with Crippen LogP contribution in [0.1, 0.15) is 42.7 Å². The zero-order valence-corrected chi connectivity index (χ0v) is 13.5. The molecule has 2 aromatic rings. The second-order valence-corrected chi connectivity index (χ2v) is 6.69. The quantitative estimate of drug-likeness (QED) is 0.872. The number of benzene rings is 1. The van der Waals surface area contributed by atoms with Crippen LogP contribution in [0.2, 0.25) is 0 Å². The van der Waals surface area contributed by atoms with E-state index in [2.05, 4.69) is 43.2 Å². The van der Waals surface area contributed by atoms with E-state index in [1.165, 1.54) is 5.56 Å². The molecule has 1 aliphatic heterocycles. The Kier molecular flexibility index (Phi) is 3.77. The number of hydrogen-bond donors (Lipinski definition) is 0. The standard InChI is InChI=1S/C18H23N3O/c1-4-21-11-10-16(19-21)17(22)20-12-15(18(2,3)13-20)14-8-6-5-7-9-14/h5-11,15H,4,12-13H2,1-3H3. The second-order valence-electron chi connectivity index (χ2n) is 6.69. The van der Waals surface area contributed by atoms with Gasteiger partial charge in [-0.1, -0.05) is 44.2 Å². The maximum absolute atomic E-state index is 12.7. The molecule has 1 unspecified atom stereocenters. The summed E-state index contributed by atoms with van der Waals surface area (Å²) in [5, 5.41) is 4.34. The summed E-state index contributed by atoms with van der Waals surface area (Å²) in [4.78, 5) is 14.6. The molecule has 2 heterocycles. The van der Waals surface area contributed by atoms with E-state index in [9.17, 15) is 4.79 Å². The van der Waals surface area contributed by atoms with Crippen LogP contribution < -0.4 is 0 Å². The molecule has 0 spiro atoms. The highest BCUT2D eigenvalue weighted by molar-refractivity contribution is 5.92. The van der Waals surface area contributed by atoms with Crippen LogP contribution in [0.3, 0.4) is 0 Å². The van der Waals surface area contributed by atoms with Crippen LogP contribution in [0.25, 0.3) is 0 Å². The second kappa shape index (κ2) is 5.59. The molecule has 1 saturated heterocycles. The Morgan fingerprint density at radius 2 is 2.00 bits per heavy atom. The van der Waals surface area contributed by atoms with Gasteiger partial charge in [-0.25, -0.2) is 0 Å². The van der Waals surface area contributed by atoms with Crippen LogP contribution >= 0.6 is 0 Å². The van der Waals surface area contributed by atoms with Crippen LogP contribution in [0.15, 0.2) is 42.6 Å². The molecule has 1 amide bonds. The van der Waals surface area contributed by atoms with E-state index in [4.69, 9.17) is 0 Å². The Morgan fingerprint density at radius 3 is 2.64 bits per heavy atom. The normalized spacial score (nSPS) is 20.3. The number of aromatic nitrogens is 2.